The molecule has 2 aliphatic heterocycles. The Bertz CT molecular complexity index is 1410. The Balaban J connectivity index is 1.36. The second-order valence-electron chi connectivity index (χ2n) is 11.4. The number of benzene rings is 2. The molecule has 2 aliphatic rings. The number of amides is 4. The summed E-state index contributed by atoms with van der Waals surface area (Å²) < 4.78 is 10.8. The van der Waals surface area contributed by atoms with Gasteiger partial charge < -0.3 is 14.4 Å². The number of methoxy groups -OCH3 is 1. The van der Waals surface area contributed by atoms with Crippen molar-refractivity contribution in [3.63, 3.8) is 0 Å². The zero-order valence-electron chi connectivity index (χ0n) is 23.6. The second kappa shape index (κ2) is 11.2. The Morgan fingerprint density at radius 1 is 0.975 bits per heavy atom. The van der Waals surface area contributed by atoms with Gasteiger partial charge in [-0.15, -0.1) is 0 Å². The summed E-state index contributed by atoms with van der Waals surface area (Å²) >= 11 is 0. The molecule has 0 aliphatic carbocycles. The van der Waals surface area contributed by atoms with E-state index in [4.69, 9.17) is 9.47 Å². The molecule has 3 aromatic rings. The van der Waals surface area contributed by atoms with Crippen molar-refractivity contribution in [1.29, 1.82) is 0 Å². The summed E-state index contributed by atoms with van der Waals surface area (Å²) in [6, 6.07) is 13.1. The fourth-order valence-corrected chi connectivity index (χ4v) is 5.46. The fourth-order valence-electron chi connectivity index (χ4n) is 5.46. The highest BCUT2D eigenvalue weighted by atomic mass is 16.6. The van der Waals surface area contributed by atoms with Crippen LogP contribution >= 0.6 is 0 Å². The summed E-state index contributed by atoms with van der Waals surface area (Å²) in [4.78, 5) is 48.2. The first-order chi connectivity index (χ1) is 19.1. The topological polar surface area (TPSA) is 92.3 Å². The molecule has 0 unspecified atom stereocenters. The molecule has 0 atom stereocenters. The molecule has 2 aromatic carbocycles. The predicted octanol–water partition coefficient (Wildman–Crippen LogP) is 5.72. The number of urea groups is 1. The van der Waals surface area contributed by atoms with Gasteiger partial charge in [-0.3, -0.25) is 19.6 Å². The van der Waals surface area contributed by atoms with Gasteiger partial charge in [-0.05, 0) is 62.8 Å². The zero-order valence-corrected chi connectivity index (χ0v) is 23.6. The number of piperidine rings is 1. The lowest BCUT2D eigenvalue weighted by Crippen LogP contribution is -2.52. The number of nitrogens with zero attached hydrogens (tertiary/aromatic N) is 4. The molecule has 40 heavy (non-hydrogen) atoms. The molecule has 5 rings (SSSR count). The van der Waals surface area contributed by atoms with E-state index in [2.05, 4.69) is 11.1 Å². The summed E-state index contributed by atoms with van der Waals surface area (Å²) in [6.45, 7) is 7.36. The number of likely N-dealkylation sites (tertiary alicyclic amines) is 1. The normalized spacial score (nSPS) is 16.9. The third kappa shape index (κ3) is 5.73. The van der Waals surface area contributed by atoms with Crippen LogP contribution < -0.4 is 9.64 Å². The molecule has 2 fully saturated rings. The standard InChI is InChI=1S/C31H36N4O5/c1-31(2,3)40-30(38)33-15-12-22(13-16-33)24-6-5-7-25-26(24)18-32-19-27(25)34-17-14-28(36)35(29(34)37)20-21-8-10-23(39-4)11-9-21/h5-11,18-19,22H,12-17,20H2,1-4H3. The average Bonchev–Trinajstić information content (AvgIpc) is 2.94. The van der Waals surface area contributed by atoms with Gasteiger partial charge in [0.25, 0.3) is 0 Å². The number of hydrogen-bond acceptors (Lipinski definition) is 6. The fraction of sp³-hybridized carbons (Fsp3) is 0.419. The summed E-state index contributed by atoms with van der Waals surface area (Å²) in [5, 5.41) is 1.91. The van der Waals surface area contributed by atoms with Crippen molar-refractivity contribution < 1.29 is 23.9 Å². The Morgan fingerprint density at radius 3 is 2.38 bits per heavy atom. The lowest BCUT2D eigenvalue weighted by Gasteiger charge is -2.35. The van der Waals surface area contributed by atoms with E-state index >= 15 is 0 Å². The van der Waals surface area contributed by atoms with Gasteiger partial charge >= 0.3 is 12.1 Å². The van der Waals surface area contributed by atoms with Crippen LogP contribution in [0.2, 0.25) is 0 Å². The van der Waals surface area contributed by atoms with Gasteiger partial charge in [0.05, 0.1) is 25.5 Å². The lowest BCUT2D eigenvalue weighted by atomic mass is 9.86. The van der Waals surface area contributed by atoms with E-state index in [1.807, 2.05) is 63.4 Å². The number of anilines is 1. The summed E-state index contributed by atoms with van der Waals surface area (Å²) in [5.41, 5.74) is 2.18. The number of fused-ring (bicyclic) bond motifs is 1. The highest BCUT2D eigenvalue weighted by Crippen LogP contribution is 2.37. The van der Waals surface area contributed by atoms with Crippen LogP contribution in [0.5, 0.6) is 5.75 Å². The maximum atomic E-state index is 13.6. The van der Waals surface area contributed by atoms with Crippen molar-refractivity contribution >= 4 is 34.5 Å². The first-order valence-corrected chi connectivity index (χ1v) is 13.7. The molecule has 9 nitrogen and oxygen atoms in total. The molecular formula is C31H36N4O5. The van der Waals surface area contributed by atoms with E-state index in [-0.39, 0.29) is 36.9 Å². The SMILES string of the molecule is COc1ccc(CN2C(=O)CCN(c3cncc4c(C5CCN(C(=O)OC(C)(C)C)CC5)cccc34)C2=O)cc1. The van der Waals surface area contributed by atoms with Gasteiger partial charge in [-0.2, -0.15) is 0 Å². The van der Waals surface area contributed by atoms with Gasteiger partial charge in [0.2, 0.25) is 5.91 Å². The van der Waals surface area contributed by atoms with Crippen LogP contribution in [0.3, 0.4) is 0 Å². The predicted molar refractivity (Wildman–Crippen MR) is 152 cm³/mol. The molecule has 0 saturated carbocycles. The molecule has 9 heteroatoms. The Labute approximate surface area is 234 Å². The van der Waals surface area contributed by atoms with Crippen LogP contribution in [-0.2, 0) is 16.1 Å². The largest absolute Gasteiger partial charge is 0.497 e. The second-order valence-corrected chi connectivity index (χ2v) is 11.4. The van der Waals surface area contributed by atoms with Gasteiger partial charge in [-0.1, -0.05) is 30.3 Å². The van der Waals surface area contributed by atoms with Crippen molar-refractivity contribution in [3.05, 3.63) is 66.0 Å². The number of rotatable bonds is 5. The van der Waals surface area contributed by atoms with Crippen molar-refractivity contribution in [2.45, 2.75) is 58.1 Å². The minimum atomic E-state index is -0.521. The van der Waals surface area contributed by atoms with Crippen molar-refractivity contribution in [1.82, 2.24) is 14.8 Å². The number of hydrogen-bond donors (Lipinski definition) is 0. The third-order valence-corrected chi connectivity index (χ3v) is 7.51. The zero-order chi connectivity index (χ0) is 28.4. The van der Waals surface area contributed by atoms with E-state index in [1.165, 1.54) is 4.90 Å². The van der Waals surface area contributed by atoms with E-state index < -0.39 is 5.60 Å². The minimum Gasteiger partial charge on any atom is -0.497 e. The molecule has 0 N–H and O–H groups in total. The van der Waals surface area contributed by atoms with Crippen molar-refractivity contribution in [3.8, 4) is 5.75 Å². The van der Waals surface area contributed by atoms with Crippen LogP contribution in [0.4, 0.5) is 15.3 Å². The monoisotopic (exact) mass is 544 g/mol. The van der Waals surface area contributed by atoms with Crippen LogP contribution in [-0.4, -0.2) is 65.2 Å². The summed E-state index contributed by atoms with van der Waals surface area (Å²) in [7, 11) is 1.60. The molecule has 0 bridgehead atoms. The third-order valence-electron chi connectivity index (χ3n) is 7.51. The molecule has 0 spiro atoms. The number of ether oxygens (including phenoxy) is 2. The highest BCUT2D eigenvalue weighted by Gasteiger charge is 2.34. The number of carbonyl (C=O) groups excluding carboxylic acids is 3. The minimum absolute atomic E-state index is 0.192. The van der Waals surface area contributed by atoms with Gasteiger partial charge in [0.1, 0.15) is 11.4 Å². The number of aromatic nitrogens is 1. The summed E-state index contributed by atoms with van der Waals surface area (Å²) in [6.07, 6.45) is 5.15. The van der Waals surface area contributed by atoms with Crippen LogP contribution in [0.15, 0.2) is 54.9 Å². The van der Waals surface area contributed by atoms with Crippen LogP contribution in [0, 0.1) is 0 Å². The number of imide groups is 1. The highest BCUT2D eigenvalue weighted by molar-refractivity contribution is 6.10. The van der Waals surface area contributed by atoms with Crippen LogP contribution in [0.1, 0.15) is 57.1 Å². The Hall–Kier alpha value is -4.14. The number of pyridine rings is 1. The van der Waals surface area contributed by atoms with E-state index in [1.54, 1.807) is 23.1 Å². The molecular weight excluding hydrogens is 508 g/mol. The lowest BCUT2D eigenvalue weighted by molar-refractivity contribution is -0.129. The van der Waals surface area contributed by atoms with Gasteiger partial charge in [0, 0.05) is 43.0 Å². The molecule has 210 valence electrons. The maximum absolute atomic E-state index is 13.6. The van der Waals surface area contributed by atoms with E-state index in [0.717, 1.165) is 40.5 Å². The Kier molecular flexibility index (Phi) is 7.65. The van der Waals surface area contributed by atoms with Gasteiger partial charge in [0.15, 0.2) is 0 Å². The maximum Gasteiger partial charge on any atom is 0.410 e. The quantitative estimate of drug-likeness (QED) is 0.408. The molecule has 4 amide bonds. The Morgan fingerprint density at radius 2 is 1.70 bits per heavy atom. The van der Waals surface area contributed by atoms with E-state index in [0.29, 0.717) is 25.3 Å². The summed E-state index contributed by atoms with van der Waals surface area (Å²) in [5.74, 6) is 0.780. The first-order valence-electron chi connectivity index (χ1n) is 13.7. The van der Waals surface area contributed by atoms with Gasteiger partial charge in [-0.25, -0.2) is 9.59 Å². The molecule has 3 heterocycles. The van der Waals surface area contributed by atoms with Crippen molar-refractivity contribution in [2.75, 3.05) is 31.6 Å². The molecule has 1 aromatic heterocycles. The smallest absolute Gasteiger partial charge is 0.410 e. The molecule has 2 saturated heterocycles. The van der Waals surface area contributed by atoms with Crippen LogP contribution in [0.25, 0.3) is 10.8 Å². The average molecular weight is 545 g/mol. The van der Waals surface area contributed by atoms with Crippen molar-refractivity contribution in [2.24, 2.45) is 0 Å². The van der Waals surface area contributed by atoms with E-state index in [9.17, 15) is 14.4 Å². The number of carbonyl (C=O) groups is 3. The molecule has 0 radical (unpaired) electrons. The first kappa shape index (κ1) is 27.4.